The Balaban J connectivity index is 1.52. The number of hydrogen-bond acceptors (Lipinski definition) is 5. The molecule has 0 atom stereocenters. The number of benzene rings is 3. The number of carbonyl (C=O) groups excluding carboxylic acids is 2. The van der Waals surface area contributed by atoms with Gasteiger partial charge in [-0.15, -0.1) is 0 Å². The molecule has 0 radical (unpaired) electrons. The van der Waals surface area contributed by atoms with Gasteiger partial charge in [0, 0.05) is 5.39 Å². The summed E-state index contributed by atoms with van der Waals surface area (Å²) in [4.78, 5) is 24.7. The summed E-state index contributed by atoms with van der Waals surface area (Å²) in [6.07, 6.45) is 0. The van der Waals surface area contributed by atoms with Crippen molar-refractivity contribution in [1.29, 1.82) is 0 Å². The summed E-state index contributed by atoms with van der Waals surface area (Å²) in [7, 11) is 0. The Morgan fingerprint density at radius 2 is 1.72 bits per heavy atom. The average Bonchev–Trinajstić information content (AvgIpc) is 3.11. The van der Waals surface area contributed by atoms with E-state index in [1.807, 2.05) is 42.5 Å². The second-order valence-corrected chi connectivity index (χ2v) is 6.37. The van der Waals surface area contributed by atoms with Gasteiger partial charge in [0.15, 0.2) is 6.61 Å². The van der Waals surface area contributed by atoms with Gasteiger partial charge >= 0.3 is 5.97 Å². The van der Waals surface area contributed by atoms with Crippen molar-refractivity contribution in [1.82, 2.24) is 0 Å². The highest BCUT2D eigenvalue weighted by molar-refractivity contribution is 6.09. The number of esters is 1. The molecule has 1 N–H and O–H groups in total. The predicted molar refractivity (Wildman–Crippen MR) is 110 cm³/mol. The first-order valence-electron chi connectivity index (χ1n) is 9.26. The van der Waals surface area contributed by atoms with Crippen LogP contribution in [-0.4, -0.2) is 25.1 Å². The SMILES string of the molecule is CCOC(=O)c1oc2ccccc2c1NC(=O)COc1ccc2ccccc2c1. The van der Waals surface area contributed by atoms with Crippen LogP contribution < -0.4 is 10.1 Å². The largest absolute Gasteiger partial charge is 0.484 e. The molecule has 1 heterocycles. The fourth-order valence-corrected chi connectivity index (χ4v) is 3.09. The average molecular weight is 389 g/mol. The number of ether oxygens (including phenoxy) is 2. The number of amides is 1. The normalized spacial score (nSPS) is 10.8. The molecule has 29 heavy (non-hydrogen) atoms. The highest BCUT2D eigenvalue weighted by atomic mass is 16.5. The third-order valence-corrected chi connectivity index (χ3v) is 4.41. The summed E-state index contributed by atoms with van der Waals surface area (Å²) in [6, 6.07) is 20.6. The zero-order valence-electron chi connectivity index (χ0n) is 15.8. The van der Waals surface area contributed by atoms with E-state index in [9.17, 15) is 9.59 Å². The van der Waals surface area contributed by atoms with E-state index >= 15 is 0 Å². The molecule has 0 aliphatic heterocycles. The molecule has 0 saturated heterocycles. The Labute approximate surface area is 167 Å². The lowest BCUT2D eigenvalue weighted by Crippen LogP contribution is -2.21. The minimum atomic E-state index is -0.630. The van der Waals surface area contributed by atoms with Crippen molar-refractivity contribution >= 4 is 39.3 Å². The Kier molecular flexibility index (Phi) is 5.16. The van der Waals surface area contributed by atoms with E-state index < -0.39 is 11.9 Å². The molecular weight excluding hydrogens is 370 g/mol. The minimum Gasteiger partial charge on any atom is -0.484 e. The molecule has 0 aliphatic rings. The van der Waals surface area contributed by atoms with Crippen LogP contribution in [0.3, 0.4) is 0 Å². The first-order valence-corrected chi connectivity index (χ1v) is 9.26. The van der Waals surface area contributed by atoms with Gasteiger partial charge in [0.2, 0.25) is 5.76 Å². The molecule has 0 saturated carbocycles. The van der Waals surface area contributed by atoms with Gasteiger partial charge in [0.25, 0.3) is 5.91 Å². The summed E-state index contributed by atoms with van der Waals surface area (Å²) in [5, 5.41) is 5.46. The lowest BCUT2D eigenvalue weighted by Gasteiger charge is -2.09. The summed E-state index contributed by atoms with van der Waals surface area (Å²) in [5.74, 6) is -0.488. The molecule has 0 spiro atoms. The van der Waals surface area contributed by atoms with Gasteiger partial charge in [-0.05, 0) is 42.0 Å². The number of carbonyl (C=O) groups is 2. The van der Waals surface area contributed by atoms with Gasteiger partial charge in [0.1, 0.15) is 17.0 Å². The van der Waals surface area contributed by atoms with Crippen LogP contribution in [0.4, 0.5) is 5.69 Å². The third-order valence-electron chi connectivity index (χ3n) is 4.41. The maximum atomic E-state index is 12.5. The molecule has 0 bridgehead atoms. The maximum absolute atomic E-state index is 12.5. The van der Waals surface area contributed by atoms with Crippen LogP contribution in [0.2, 0.25) is 0 Å². The Bertz CT molecular complexity index is 1190. The van der Waals surface area contributed by atoms with Crippen LogP contribution in [0, 0.1) is 0 Å². The minimum absolute atomic E-state index is 0.0351. The number of fused-ring (bicyclic) bond motifs is 2. The van der Waals surface area contributed by atoms with Gasteiger partial charge < -0.3 is 19.2 Å². The van der Waals surface area contributed by atoms with E-state index in [4.69, 9.17) is 13.9 Å². The zero-order chi connectivity index (χ0) is 20.2. The van der Waals surface area contributed by atoms with E-state index in [0.29, 0.717) is 16.7 Å². The van der Waals surface area contributed by atoms with Crippen molar-refractivity contribution in [3.8, 4) is 5.75 Å². The highest BCUT2D eigenvalue weighted by Crippen LogP contribution is 2.31. The fraction of sp³-hybridized carbons (Fsp3) is 0.130. The molecule has 1 amide bonds. The van der Waals surface area contributed by atoms with Crippen LogP contribution in [0.5, 0.6) is 5.75 Å². The maximum Gasteiger partial charge on any atom is 0.376 e. The van der Waals surface area contributed by atoms with E-state index in [1.165, 1.54) is 0 Å². The standard InChI is InChI=1S/C23H19NO5/c1-2-27-23(26)22-21(18-9-5-6-10-19(18)29-22)24-20(25)14-28-17-12-11-15-7-3-4-8-16(15)13-17/h3-13H,2,14H2,1H3,(H,24,25). The molecule has 6 nitrogen and oxygen atoms in total. The van der Waals surface area contributed by atoms with Crippen LogP contribution in [0.1, 0.15) is 17.5 Å². The van der Waals surface area contributed by atoms with Gasteiger partial charge in [0.05, 0.1) is 6.61 Å². The Morgan fingerprint density at radius 3 is 2.55 bits per heavy atom. The van der Waals surface area contributed by atoms with Crippen molar-refractivity contribution in [2.45, 2.75) is 6.92 Å². The van der Waals surface area contributed by atoms with Gasteiger partial charge in [-0.2, -0.15) is 0 Å². The van der Waals surface area contributed by atoms with E-state index in [0.717, 1.165) is 10.8 Å². The molecular formula is C23H19NO5. The molecule has 0 aliphatic carbocycles. The number of nitrogens with one attached hydrogen (secondary N) is 1. The monoisotopic (exact) mass is 389 g/mol. The smallest absolute Gasteiger partial charge is 0.376 e. The van der Waals surface area contributed by atoms with Crippen LogP contribution in [-0.2, 0) is 9.53 Å². The van der Waals surface area contributed by atoms with Crippen LogP contribution >= 0.6 is 0 Å². The predicted octanol–water partition coefficient (Wildman–Crippen LogP) is 4.78. The first kappa shape index (κ1) is 18.6. The second kappa shape index (κ2) is 8.06. The molecule has 1 aromatic heterocycles. The number of hydrogen-bond donors (Lipinski definition) is 1. The van der Waals surface area contributed by atoms with Gasteiger partial charge in [-0.25, -0.2) is 4.79 Å². The summed E-state index contributed by atoms with van der Waals surface area (Å²) < 4.78 is 16.3. The number of rotatable bonds is 6. The number of para-hydroxylation sites is 1. The van der Waals surface area contributed by atoms with Gasteiger partial charge in [-0.3, -0.25) is 4.79 Å². The zero-order valence-corrected chi connectivity index (χ0v) is 15.8. The van der Waals surface area contributed by atoms with Crippen molar-refractivity contribution in [2.24, 2.45) is 0 Å². The molecule has 4 rings (SSSR count). The van der Waals surface area contributed by atoms with Crippen molar-refractivity contribution in [3.63, 3.8) is 0 Å². The quantitative estimate of drug-likeness (QED) is 0.480. The van der Waals surface area contributed by atoms with E-state index in [-0.39, 0.29) is 24.7 Å². The Morgan fingerprint density at radius 1 is 0.966 bits per heavy atom. The molecule has 6 heteroatoms. The number of furan rings is 1. The van der Waals surface area contributed by atoms with Crippen molar-refractivity contribution in [2.75, 3.05) is 18.5 Å². The number of anilines is 1. The second-order valence-electron chi connectivity index (χ2n) is 6.37. The third kappa shape index (κ3) is 3.91. The van der Waals surface area contributed by atoms with Gasteiger partial charge in [-0.1, -0.05) is 42.5 Å². The molecule has 3 aromatic carbocycles. The molecule has 0 unspecified atom stereocenters. The molecule has 0 fully saturated rings. The first-order chi connectivity index (χ1) is 14.2. The van der Waals surface area contributed by atoms with Crippen molar-refractivity contribution < 1.29 is 23.5 Å². The van der Waals surface area contributed by atoms with E-state index in [1.54, 1.807) is 31.2 Å². The summed E-state index contributed by atoms with van der Waals surface area (Å²) in [6.45, 7) is 1.70. The van der Waals surface area contributed by atoms with Crippen LogP contribution in [0.15, 0.2) is 71.1 Å². The lowest BCUT2D eigenvalue weighted by atomic mass is 10.1. The lowest BCUT2D eigenvalue weighted by molar-refractivity contribution is -0.118. The summed E-state index contributed by atoms with van der Waals surface area (Å²) in [5.41, 5.74) is 0.771. The highest BCUT2D eigenvalue weighted by Gasteiger charge is 2.23. The fourth-order valence-electron chi connectivity index (χ4n) is 3.09. The molecule has 146 valence electrons. The van der Waals surface area contributed by atoms with Crippen molar-refractivity contribution in [3.05, 3.63) is 72.5 Å². The summed E-state index contributed by atoms with van der Waals surface area (Å²) >= 11 is 0. The molecule has 4 aromatic rings. The van der Waals surface area contributed by atoms with E-state index in [2.05, 4.69) is 5.32 Å². The van der Waals surface area contributed by atoms with Crippen LogP contribution in [0.25, 0.3) is 21.7 Å². The topological polar surface area (TPSA) is 77.8 Å². The Hall–Kier alpha value is -3.80.